The summed E-state index contributed by atoms with van der Waals surface area (Å²) in [5.74, 6) is -0.271. The zero-order valence-electron chi connectivity index (χ0n) is 17.1. The predicted molar refractivity (Wildman–Crippen MR) is 116 cm³/mol. The molecule has 0 saturated heterocycles. The van der Waals surface area contributed by atoms with Crippen molar-refractivity contribution in [2.75, 3.05) is 13.7 Å². The van der Waals surface area contributed by atoms with Gasteiger partial charge in [-0.15, -0.1) is 0 Å². The molecule has 0 amide bonds. The van der Waals surface area contributed by atoms with Crippen molar-refractivity contribution in [1.82, 2.24) is 0 Å². The summed E-state index contributed by atoms with van der Waals surface area (Å²) in [6, 6.07) is 19.4. The Morgan fingerprint density at radius 1 is 1.03 bits per heavy atom. The number of cyclic esters (lactones) is 1. The van der Waals surface area contributed by atoms with Crippen LogP contribution in [0, 0.1) is 5.82 Å². The van der Waals surface area contributed by atoms with Crippen LogP contribution in [0.3, 0.4) is 0 Å². The number of carbonyl (C=O) groups excluding carboxylic acids is 2. The third kappa shape index (κ3) is 4.73. The maximum atomic E-state index is 13.1. The fourth-order valence-electron chi connectivity index (χ4n) is 3.03. The highest BCUT2D eigenvalue weighted by Crippen LogP contribution is 2.30. The van der Waals surface area contributed by atoms with E-state index in [-0.39, 0.29) is 24.0 Å². The number of carbonyl (C=O) groups is 2. The Bertz CT molecular complexity index is 1220. The molecule has 0 fully saturated rings. The van der Waals surface area contributed by atoms with Crippen LogP contribution in [-0.2, 0) is 9.53 Å². The number of ether oxygens (including phenoxy) is 3. The van der Waals surface area contributed by atoms with Crippen molar-refractivity contribution in [3.63, 3.8) is 0 Å². The highest BCUT2D eigenvalue weighted by Gasteiger charge is 2.24. The molecule has 0 N–H and O–H groups in total. The number of halogens is 1. The number of esters is 1. The molecule has 4 rings (SSSR count). The van der Waals surface area contributed by atoms with Crippen LogP contribution < -0.4 is 9.47 Å². The van der Waals surface area contributed by atoms with Crippen LogP contribution in [0.2, 0.25) is 0 Å². The quantitative estimate of drug-likeness (QED) is 0.314. The topological polar surface area (TPSA) is 74.2 Å². The van der Waals surface area contributed by atoms with Crippen molar-refractivity contribution >= 4 is 23.7 Å². The Balaban J connectivity index is 1.51. The van der Waals surface area contributed by atoms with Crippen molar-refractivity contribution in [2.24, 2.45) is 4.99 Å². The second-order valence-corrected chi connectivity index (χ2v) is 6.83. The maximum absolute atomic E-state index is 13.1. The number of Topliss-reactive ketones (excluding diaryl/α,β-unsaturated/α-hetero) is 1. The van der Waals surface area contributed by atoms with Crippen molar-refractivity contribution in [2.45, 2.75) is 0 Å². The summed E-state index contributed by atoms with van der Waals surface area (Å²) in [7, 11) is 1.48. The van der Waals surface area contributed by atoms with Gasteiger partial charge in [0.25, 0.3) is 0 Å². The molecule has 0 spiro atoms. The lowest BCUT2D eigenvalue weighted by Gasteiger charge is -2.11. The van der Waals surface area contributed by atoms with Gasteiger partial charge in [-0.05, 0) is 48.0 Å². The van der Waals surface area contributed by atoms with Crippen LogP contribution in [0.5, 0.6) is 11.5 Å². The summed E-state index contributed by atoms with van der Waals surface area (Å²) < 4.78 is 29.3. The molecule has 0 aliphatic carbocycles. The first-order valence-corrected chi connectivity index (χ1v) is 9.71. The molecule has 0 aromatic heterocycles. The molecule has 1 aliphatic heterocycles. The molecule has 0 unspecified atom stereocenters. The van der Waals surface area contributed by atoms with Crippen LogP contribution in [0.15, 0.2) is 83.5 Å². The summed E-state index contributed by atoms with van der Waals surface area (Å²) >= 11 is 0. The van der Waals surface area contributed by atoms with Crippen LogP contribution in [-0.4, -0.2) is 31.4 Å². The van der Waals surface area contributed by atoms with Crippen molar-refractivity contribution < 1.29 is 28.2 Å². The van der Waals surface area contributed by atoms with Gasteiger partial charge >= 0.3 is 5.97 Å². The van der Waals surface area contributed by atoms with E-state index < -0.39 is 11.8 Å². The largest absolute Gasteiger partial charge is 0.493 e. The molecule has 0 radical (unpaired) electrons. The Hall–Kier alpha value is -4.26. The summed E-state index contributed by atoms with van der Waals surface area (Å²) in [6.07, 6.45) is 1.54. The minimum atomic E-state index is -0.614. The Morgan fingerprint density at radius 2 is 1.78 bits per heavy atom. The second kappa shape index (κ2) is 9.26. The fourth-order valence-corrected chi connectivity index (χ4v) is 3.03. The number of hydrogen-bond donors (Lipinski definition) is 0. The van der Waals surface area contributed by atoms with E-state index in [4.69, 9.17) is 14.2 Å². The molecule has 3 aromatic rings. The Labute approximate surface area is 183 Å². The minimum Gasteiger partial charge on any atom is -0.493 e. The first-order chi connectivity index (χ1) is 15.5. The number of methoxy groups -OCH3 is 1. The molecular weight excluding hydrogens is 413 g/mol. The van der Waals surface area contributed by atoms with E-state index in [1.165, 1.54) is 31.4 Å². The molecular formula is C25H18FNO5. The number of aliphatic imine (C=N–C) groups is 1. The summed E-state index contributed by atoms with van der Waals surface area (Å²) in [5, 5.41) is 0. The predicted octanol–water partition coefficient (Wildman–Crippen LogP) is 4.44. The van der Waals surface area contributed by atoms with Crippen LogP contribution in [0.25, 0.3) is 6.08 Å². The standard InChI is InChI=1S/C25H18FNO5/c1-30-23-14-16(7-12-22(23)31-15-21(28)17-5-3-2-4-6-17)13-20-25(29)32-24(27-20)18-8-10-19(26)11-9-18/h2-14H,15H2,1H3/b20-13-. The zero-order chi connectivity index (χ0) is 22.5. The van der Waals surface area contributed by atoms with Gasteiger partial charge in [-0.1, -0.05) is 36.4 Å². The molecule has 1 aliphatic rings. The van der Waals surface area contributed by atoms with E-state index in [1.807, 2.05) is 6.07 Å². The third-order valence-electron chi connectivity index (χ3n) is 4.66. The van der Waals surface area contributed by atoms with Crippen LogP contribution >= 0.6 is 0 Å². The van der Waals surface area contributed by atoms with Crippen LogP contribution in [0.4, 0.5) is 4.39 Å². The zero-order valence-corrected chi connectivity index (χ0v) is 17.1. The fraction of sp³-hybridized carbons (Fsp3) is 0.0800. The monoisotopic (exact) mass is 431 g/mol. The molecule has 32 heavy (non-hydrogen) atoms. The number of rotatable bonds is 7. The van der Waals surface area contributed by atoms with E-state index in [2.05, 4.69) is 4.99 Å². The van der Waals surface area contributed by atoms with Gasteiger partial charge in [-0.3, -0.25) is 4.79 Å². The third-order valence-corrected chi connectivity index (χ3v) is 4.66. The first-order valence-electron chi connectivity index (χ1n) is 9.71. The number of benzene rings is 3. The Morgan fingerprint density at radius 3 is 2.50 bits per heavy atom. The van der Waals surface area contributed by atoms with Crippen molar-refractivity contribution in [3.8, 4) is 11.5 Å². The van der Waals surface area contributed by atoms with Gasteiger partial charge < -0.3 is 14.2 Å². The molecule has 3 aromatic carbocycles. The van der Waals surface area contributed by atoms with Gasteiger partial charge in [-0.2, -0.15) is 0 Å². The normalized spacial score (nSPS) is 14.1. The van der Waals surface area contributed by atoms with Gasteiger partial charge in [0, 0.05) is 11.1 Å². The lowest BCUT2D eigenvalue weighted by atomic mass is 10.1. The summed E-state index contributed by atoms with van der Waals surface area (Å²) in [5.41, 5.74) is 1.77. The molecule has 0 saturated carbocycles. The van der Waals surface area contributed by atoms with Crippen LogP contribution in [0.1, 0.15) is 21.5 Å². The lowest BCUT2D eigenvalue weighted by Crippen LogP contribution is -2.11. The molecule has 6 nitrogen and oxygen atoms in total. The SMILES string of the molecule is COc1cc(/C=C2\N=C(c3ccc(F)cc3)OC2=O)ccc1OCC(=O)c1ccccc1. The average molecular weight is 431 g/mol. The minimum absolute atomic E-state index is 0.0966. The summed E-state index contributed by atoms with van der Waals surface area (Å²) in [4.78, 5) is 28.6. The van der Waals surface area contributed by atoms with Crippen molar-refractivity contribution in [1.29, 1.82) is 0 Å². The molecule has 0 bridgehead atoms. The van der Waals surface area contributed by atoms with E-state index in [9.17, 15) is 14.0 Å². The molecule has 7 heteroatoms. The van der Waals surface area contributed by atoms with Gasteiger partial charge in [0.05, 0.1) is 7.11 Å². The van der Waals surface area contributed by atoms with E-state index in [0.717, 1.165) is 0 Å². The number of ketones is 1. The Kier molecular flexibility index (Phi) is 6.07. The molecule has 0 atom stereocenters. The maximum Gasteiger partial charge on any atom is 0.363 e. The average Bonchev–Trinajstić information content (AvgIpc) is 3.18. The molecule has 1 heterocycles. The highest BCUT2D eigenvalue weighted by molar-refractivity contribution is 6.12. The summed E-state index contributed by atoms with van der Waals surface area (Å²) in [6.45, 7) is -0.140. The highest BCUT2D eigenvalue weighted by atomic mass is 19.1. The van der Waals surface area contributed by atoms with Crippen molar-refractivity contribution in [3.05, 3.63) is 101 Å². The number of hydrogen-bond acceptors (Lipinski definition) is 6. The van der Waals surface area contributed by atoms with Gasteiger partial charge in [0.15, 0.2) is 29.6 Å². The van der Waals surface area contributed by atoms with Gasteiger partial charge in [-0.25, -0.2) is 14.2 Å². The van der Waals surface area contributed by atoms with Gasteiger partial charge in [0.2, 0.25) is 5.90 Å². The lowest BCUT2D eigenvalue weighted by molar-refractivity contribution is -0.129. The smallest absolute Gasteiger partial charge is 0.363 e. The molecule has 160 valence electrons. The van der Waals surface area contributed by atoms with E-state index in [1.54, 1.807) is 48.5 Å². The van der Waals surface area contributed by atoms with E-state index >= 15 is 0 Å². The second-order valence-electron chi connectivity index (χ2n) is 6.83. The number of nitrogens with zero attached hydrogens (tertiary/aromatic N) is 1. The first kappa shape index (κ1) is 21.0. The van der Waals surface area contributed by atoms with E-state index in [0.29, 0.717) is 28.2 Å². The van der Waals surface area contributed by atoms with Gasteiger partial charge in [0.1, 0.15) is 5.82 Å².